The number of benzene rings is 1. The molecule has 0 unspecified atom stereocenters. The van der Waals surface area contributed by atoms with Crippen LogP contribution in [0.25, 0.3) is 0 Å². The molecule has 32 heavy (non-hydrogen) atoms. The number of nitrogens with zero attached hydrogens (tertiary/aromatic N) is 5. The van der Waals surface area contributed by atoms with Crippen LogP contribution in [0.15, 0.2) is 49.2 Å². The maximum absolute atomic E-state index is 12.9. The molecule has 0 aliphatic rings. The zero-order valence-corrected chi connectivity index (χ0v) is 18.5. The summed E-state index contributed by atoms with van der Waals surface area (Å²) in [6, 6.07) is 8.94. The Morgan fingerprint density at radius 2 is 2.12 bits per heavy atom. The van der Waals surface area contributed by atoms with Crippen LogP contribution in [0.5, 0.6) is 0 Å². The van der Waals surface area contributed by atoms with Crippen LogP contribution in [0, 0.1) is 11.3 Å². The van der Waals surface area contributed by atoms with Crippen molar-refractivity contribution in [1.82, 2.24) is 19.9 Å². The number of nitriles is 1. The molecule has 166 valence electrons. The molecule has 3 aromatic rings. The van der Waals surface area contributed by atoms with Crippen LogP contribution in [-0.4, -0.2) is 53.2 Å². The van der Waals surface area contributed by atoms with Crippen molar-refractivity contribution in [3.05, 3.63) is 65.2 Å². The average Bonchev–Trinajstić information content (AvgIpc) is 3.50. The lowest BCUT2D eigenvalue weighted by atomic mass is 10.1. The van der Waals surface area contributed by atoms with Crippen LogP contribution in [0.3, 0.4) is 0 Å². The van der Waals surface area contributed by atoms with Crippen molar-refractivity contribution in [2.24, 2.45) is 0 Å². The number of carbonyl (C=O) groups is 2. The number of methoxy groups -OCH3 is 1. The van der Waals surface area contributed by atoms with Gasteiger partial charge in [0.15, 0.2) is 5.13 Å². The summed E-state index contributed by atoms with van der Waals surface area (Å²) < 4.78 is 7.08. The van der Waals surface area contributed by atoms with Gasteiger partial charge in [0.25, 0.3) is 5.91 Å². The van der Waals surface area contributed by atoms with E-state index in [0.29, 0.717) is 35.3 Å². The first-order valence-corrected chi connectivity index (χ1v) is 10.9. The van der Waals surface area contributed by atoms with Gasteiger partial charge in [0.05, 0.1) is 43.7 Å². The Balaban J connectivity index is 1.59. The Kier molecular flexibility index (Phi) is 8.48. The molecule has 0 bridgehead atoms. The Morgan fingerprint density at radius 1 is 1.31 bits per heavy atom. The number of hydrogen-bond acceptors (Lipinski definition) is 7. The van der Waals surface area contributed by atoms with Crippen molar-refractivity contribution >= 4 is 28.3 Å². The monoisotopic (exact) mass is 452 g/mol. The standard InChI is InChI=1S/C22H24N6O3S/c1-31-12-11-28(20(29)13-17-3-5-18(14-23)6-4-17)22-26-15-19(32-22)21(30)25-7-2-9-27-10-8-24-16-27/h3-6,8,10,15-16H,2,7,9,11-13H2,1H3,(H,25,30). The van der Waals surface area contributed by atoms with Crippen LogP contribution < -0.4 is 10.2 Å². The van der Waals surface area contributed by atoms with E-state index in [1.54, 1.807) is 43.9 Å². The summed E-state index contributed by atoms with van der Waals surface area (Å²) in [4.78, 5) is 35.7. The van der Waals surface area contributed by atoms with Gasteiger partial charge >= 0.3 is 0 Å². The van der Waals surface area contributed by atoms with Gasteiger partial charge in [-0.05, 0) is 24.1 Å². The van der Waals surface area contributed by atoms with E-state index in [1.165, 1.54) is 22.4 Å². The summed E-state index contributed by atoms with van der Waals surface area (Å²) >= 11 is 1.17. The molecule has 9 nitrogen and oxygen atoms in total. The van der Waals surface area contributed by atoms with Gasteiger partial charge in [0, 0.05) is 32.6 Å². The van der Waals surface area contributed by atoms with Gasteiger partial charge in [-0.3, -0.25) is 14.5 Å². The normalized spacial score (nSPS) is 10.5. The van der Waals surface area contributed by atoms with Gasteiger partial charge in [0.2, 0.25) is 5.91 Å². The highest BCUT2D eigenvalue weighted by Crippen LogP contribution is 2.23. The summed E-state index contributed by atoms with van der Waals surface area (Å²) in [7, 11) is 1.56. The van der Waals surface area contributed by atoms with Crippen molar-refractivity contribution in [2.45, 2.75) is 19.4 Å². The van der Waals surface area contributed by atoms with Crippen molar-refractivity contribution in [3.63, 3.8) is 0 Å². The quantitative estimate of drug-likeness (QED) is 0.447. The van der Waals surface area contributed by atoms with E-state index in [0.717, 1.165) is 18.5 Å². The number of anilines is 1. The molecule has 0 saturated carbocycles. The number of rotatable bonds is 11. The fraction of sp³-hybridized carbons (Fsp3) is 0.318. The summed E-state index contributed by atoms with van der Waals surface area (Å²) in [5.74, 6) is -0.376. The molecule has 3 rings (SSSR count). The molecular weight excluding hydrogens is 428 g/mol. The number of carbonyl (C=O) groups excluding carboxylic acids is 2. The number of imidazole rings is 1. The smallest absolute Gasteiger partial charge is 0.263 e. The third-order valence-electron chi connectivity index (χ3n) is 4.64. The molecule has 0 saturated heterocycles. The first kappa shape index (κ1) is 23.1. The second-order valence-electron chi connectivity index (χ2n) is 6.94. The molecular formula is C22H24N6O3S. The predicted molar refractivity (Wildman–Crippen MR) is 120 cm³/mol. The molecule has 0 radical (unpaired) electrons. The highest BCUT2D eigenvalue weighted by atomic mass is 32.1. The van der Waals surface area contributed by atoms with E-state index in [1.807, 2.05) is 10.8 Å². The van der Waals surface area contributed by atoms with E-state index < -0.39 is 0 Å². The number of aromatic nitrogens is 3. The first-order valence-electron chi connectivity index (χ1n) is 10.1. The maximum atomic E-state index is 12.9. The SMILES string of the molecule is COCCN(C(=O)Cc1ccc(C#N)cc1)c1ncc(C(=O)NCCCn2ccnc2)s1. The molecule has 2 aromatic heterocycles. The lowest BCUT2D eigenvalue weighted by Crippen LogP contribution is -2.35. The fourth-order valence-electron chi connectivity index (χ4n) is 2.94. The molecule has 1 N–H and O–H groups in total. The van der Waals surface area contributed by atoms with Gasteiger partial charge in [-0.2, -0.15) is 5.26 Å². The zero-order valence-electron chi connectivity index (χ0n) is 17.7. The predicted octanol–water partition coefficient (Wildman–Crippen LogP) is 2.25. The summed E-state index contributed by atoms with van der Waals surface area (Å²) in [6.45, 7) is 1.96. The van der Waals surface area contributed by atoms with Crippen molar-refractivity contribution in [2.75, 3.05) is 31.7 Å². The van der Waals surface area contributed by atoms with E-state index in [2.05, 4.69) is 21.4 Å². The molecule has 2 heterocycles. The number of aryl methyl sites for hydroxylation is 1. The lowest BCUT2D eigenvalue weighted by Gasteiger charge is -2.19. The minimum atomic E-state index is -0.217. The molecule has 0 fully saturated rings. The first-order chi connectivity index (χ1) is 15.6. The molecule has 0 aliphatic carbocycles. The minimum Gasteiger partial charge on any atom is -0.383 e. The molecule has 0 atom stereocenters. The fourth-order valence-corrected chi connectivity index (χ4v) is 3.82. The van der Waals surface area contributed by atoms with Gasteiger partial charge in [-0.1, -0.05) is 23.5 Å². The van der Waals surface area contributed by atoms with E-state index in [9.17, 15) is 9.59 Å². The Labute approximate surface area is 190 Å². The number of thiazole rings is 1. The topological polar surface area (TPSA) is 113 Å². The van der Waals surface area contributed by atoms with Crippen LogP contribution in [0.1, 0.15) is 27.2 Å². The second kappa shape index (κ2) is 11.7. The van der Waals surface area contributed by atoms with E-state index >= 15 is 0 Å². The summed E-state index contributed by atoms with van der Waals surface area (Å²) in [5.41, 5.74) is 1.34. The zero-order chi connectivity index (χ0) is 22.8. The van der Waals surface area contributed by atoms with Crippen LogP contribution in [0.4, 0.5) is 5.13 Å². The number of ether oxygens (including phenoxy) is 1. The van der Waals surface area contributed by atoms with Crippen molar-refractivity contribution in [1.29, 1.82) is 5.26 Å². The second-order valence-corrected chi connectivity index (χ2v) is 7.95. The summed E-state index contributed by atoms with van der Waals surface area (Å²) in [6.07, 6.45) is 7.75. The van der Waals surface area contributed by atoms with Gasteiger partial charge in [-0.15, -0.1) is 0 Å². The van der Waals surface area contributed by atoms with Gasteiger partial charge in [-0.25, -0.2) is 9.97 Å². The maximum Gasteiger partial charge on any atom is 0.263 e. The van der Waals surface area contributed by atoms with Gasteiger partial charge < -0.3 is 14.6 Å². The Bertz CT molecular complexity index is 1060. The van der Waals surface area contributed by atoms with E-state index in [-0.39, 0.29) is 18.2 Å². The molecule has 0 spiro atoms. The van der Waals surface area contributed by atoms with Crippen molar-refractivity contribution in [3.8, 4) is 6.07 Å². The highest BCUT2D eigenvalue weighted by Gasteiger charge is 2.21. The van der Waals surface area contributed by atoms with Gasteiger partial charge in [0.1, 0.15) is 4.88 Å². The average molecular weight is 453 g/mol. The molecule has 1 aromatic carbocycles. The van der Waals surface area contributed by atoms with Crippen LogP contribution in [-0.2, 0) is 22.5 Å². The largest absolute Gasteiger partial charge is 0.383 e. The van der Waals surface area contributed by atoms with Crippen LogP contribution in [0.2, 0.25) is 0 Å². The number of amides is 2. The lowest BCUT2D eigenvalue weighted by molar-refractivity contribution is -0.118. The highest BCUT2D eigenvalue weighted by molar-refractivity contribution is 7.17. The number of hydrogen-bond donors (Lipinski definition) is 1. The third kappa shape index (κ3) is 6.47. The number of nitrogens with one attached hydrogen (secondary N) is 1. The minimum absolute atomic E-state index is 0.158. The third-order valence-corrected chi connectivity index (χ3v) is 5.66. The Hall–Kier alpha value is -3.55. The molecule has 2 amide bonds. The van der Waals surface area contributed by atoms with Crippen molar-refractivity contribution < 1.29 is 14.3 Å². The molecule has 0 aliphatic heterocycles. The molecule has 10 heteroatoms. The van der Waals surface area contributed by atoms with Crippen LogP contribution >= 0.6 is 11.3 Å². The van der Waals surface area contributed by atoms with E-state index in [4.69, 9.17) is 10.00 Å². The Morgan fingerprint density at radius 3 is 2.81 bits per heavy atom. The summed E-state index contributed by atoms with van der Waals surface area (Å²) in [5, 5.41) is 12.2.